The number of nitrogens with one attached hydrogen (secondary N) is 1. The van der Waals surface area contributed by atoms with E-state index in [9.17, 15) is 13.6 Å². The van der Waals surface area contributed by atoms with Crippen molar-refractivity contribution in [2.75, 3.05) is 23.4 Å². The molecule has 0 aromatic heterocycles. The van der Waals surface area contributed by atoms with Crippen LogP contribution in [0.25, 0.3) is 0 Å². The summed E-state index contributed by atoms with van der Waals surface area (Å²) in [5.41, 5.74) is -0.219. The highest BCUT2D eigenvalue weighted by atomic mass is 32.2. The third kappa shape index (κ3) is 4.99. The Bertz CT molecular complexity index is 417. The van der Waals surface area contributed by atoms with Gasteiger partial charge in [-0.15, -0.1) is 11.8 Å². The Balaban J connectivity index is 2.42. The molecular weight excluding hydrogens is 264 g/mol. The second-order valence-corrected chi connectivity index (χ2v) is 4.55. The molecular formula is C11H13F2NO3S. The largest absolute Gasteiger partial charge is 0.394 e. The molecule has 1 atom stereocenters. The van der Waals surface area contributed by atoms with Crippen molar-refractivity contribution in [2.45, 2.75) is 6.10 Å². The third-order valence-corrected chi connectivity index (χ3v) is 3.04. The van der Waals surface area contributed by atoms with Crippen LogP contribution in [0, 0.1) is 11.6 Å². The van der Waals surface area contributed by atoms with Crippen LogP contribution in [0.15, 0.2) is 18.2 Å². The van der Waals surface area contributed by atoms with Crippen molar-refractivity contribution in [3.63, 3.8) is 0 Å². The van der Waals surface area contributed by atoms with E-state index in [2.05, 4.69) is 5.32 Å². The minimum absolute atomic E-state index is 0.0208. The molecule has 0 heterocycles. The first kappa shape index (κ1) is 14.9. The molecule has 18 heavy (non-hydrogen) atoms. The van der Waals surface area contributed by atoms with E-state index >= 15 is 0 Å². The first-order valence-corrected chi connectivity index (χ1v) is 6.30. The molecule has 0 aliphatic rings. The van der Waals surface area contributed by atoms with Crippen LogP contribution in [-0.2, 0) is 4.79 Å². The molecule has 1 unspecified atom stereocenters. The average molecular weight is 277 g/mol. The molecule has 100 valence electrons. The standard InChI is InChI=1S/C11H13F2NO3S/c12-7-1-2-9(13)10(3-7)14-11(17)6-18-5-8(16)4-15/h1-3,8,15-16H,4-6H2,(H,14,17). The Morgan fingerprint density at radius 3 is 2.83 bits per heavy atom. The maximum atomic E-state index is 13.2. The van der Waals surface area contributed by atoms with Crippen LogP contribution in [0.2, 0.25) is 0 Å². The normalized spacial score (nSPS) is 12.2. The Morgan fingerprint density at radius 1 is 1.44 bits per heavy atom. The molecule has 1 aromatic rings. The van der Waals surface area contributed by atoms with E-state index in [0.29, 0.717) is 0 Å². The number of anilines is 1. The minimum atomic E-state index is -0.895. The maximum Gasteiger partial charge on any atom is 0.234 e. The summed E-state index contributed by atoms with van der Waals surface area (Å²) < 4.78 is 26.0. The van der Waals surface area contributed by atoms with E-state index < -0.39 is 23.6 Å². The van der Waals surface area contributed by atoms with Gasteiger partial charge in [0.15, 0.2) is 0 Å². The molecule has 3 N–H and O–H groups in total. The van der Waals surface area contributed by atoms with E-state index in [1.165, 1.54) is 0 Å². The molecule has 1 rings (SSSR count). The topological polar surface area (TPSA) is 69.6 Å². The van der Waals surface area contributed by atoms with Crippen molar-refractivity contribution in [3.05, 3.63) is 29.8 Å². The molecule has 1 aromatic carbocycles. The molecule has 4 nitrogen and oxygen atoms in total. The van der Waals surface area contributed by atoms with Gasteiger partial charge in [-0.25, -0.2) is 8.78 Å². The highest BCUT2D eigenvalue weighted by Crippen LogP contribution is 2.15. The summed E-state index contributed by atoms with van der Waals surface area (Å²) in [5, 5.41) is 19.8. The van der Waals surface area contributed by atoms with Crippen molar-refractivity contribution in [1.29, 1.82) is 0 Å². The zero-order valence-electron chi connectivity index (χ0n) is 9.40. The minimum Gasteiger partial charge on any atom is -0.394 e. The zero-order valence-corrected chi connectivity index (χ0v) is 10.2. The van der Waals surface area contributed by atoms with Crippen LogP contribution >= 0.6 is 11.8 Å². The fraction of sp³-hybridized carbons (Fsp3) is 0.364. The van der Waals surface area contributed by atoms with Crippen molar-refractivity contribution < 1.29 is 23.8 Å². The predicted molar refractivity (Wildman–Crippen MR) is 65.4 cm³/mol. The van der Waals surface area contributed by atoms with Crippen molar-refractivity contribution >= 4 is 23.4 Å². The first-order chi connectivity index (χ1) is 8.52. The van der Waals surface area contributed by atoms with Gasteiger partial charge in [0, 0.05) is 11.8 Å². The fourth-order valence-corrected chi connectivity index (χ4v) is 1.87. The van der Waals surface area contributed by atoms with Crippen LogP contribution in [-0.4, -0.2) is 40.3 Å². The van der Waals surface area contributed by atoms with E-state index in [0.717, 1.165) is 30.0 Å². The van der Waals surface area contributed by atoms with Gasteiger partial charge in [0.05, 0.1) is 24.2 Å². The van der Waals surface area contributed by atoms with Crippen LogP contribution in [0.1, 0.15) is 0 Å². The third-order valence-electron chi connectivity index (χ3n) is 1.96. The first-order valence-electron chi connectivity index (χ1n) is 5.14. The van der Waals surface area contributed by atoms with Gasteiger partial charge in [0.1, 0.15) is 11.6 Å². The van der Waals surface area contributed by atoms with Crippen LogP contribution < -0.4 is 5.32 Å². The molecule has 0 saturated carbocycles. The zero-order chi connectivity index (χ0) is 13.5. The summed E-state index contributed by atoms with van der Waals surface area (Å²) in [7, 11) is 0. The summed E-state index contributed by atoms with van der Waals surface area (Å²) in [6.45, 7) is -0.382. The summed E-state index contributed by atoms with van der Waals surface area (Å²) in [4.78, 5) is 11.4. The number of halogens is 2. The average Bonchev–Trinajstić information content (AvgIpc) is 2.33. The van der Waals surface area contributed by atoms with Gasteiger partial charge in [-0.05, 0) is 12.1 Å². The molecule has 7 heteroatoms. The van der Waals surface area contributed by atoms with Gasteiger partial charge in [0.25, 0.3) is 0 Å². The lowest BCUT2D eigenvalue weighted by molar-refractivity contribution is -0.113. The number of aliphatic hydroxyl groups excluding tert-OH is 2. The summed E-state index contributed by atoms with van der Waals surface area (Å²) in [6, 6.07) is 2.77. The number of thioether (sulfide) groups is 1. The summed E-state index contributed by atoms with van der Waals surface area (Å²) in [5.74, 6) is -1.70. The molecule has 0 aliphatic heterocycles. The molecule has 0 radical (unpaired) electrons. The van der Waals surface area contributed by atoms with E-state index in [-0.39, 0.29) is 23.8 Å². The Labute approximate surface area is 107 Å². The number of amides is 1. The van der Waals surface area contributed by atoms with Crippen molar-refractivity contribution in [3.8, 4) is 0 Å². The van der Waals surface area contributed by atoms with Gasteiger partial charge in [-0.3, -0.25) is 4.79 Å². The molecule has 0 saturated heterocycles. The summed E-state index contributed by atoms with van der Waals surface area (Å²) >= 11 is 1.09. The van der Waals surface area contributed by atoms with E-state index in [1.807, 2.05) is 0 Å². The van der Waals surface area contributed by atoms with Crippen molar-refractivity contribution in [1.82, 2.24) is 0 Å². The number of carbonyl (C=O) groups is 1. The second-order valence-electron chi connectivity index (χ2n) is 3.52. The molecule has 0 spiro atoms. The fourth-order valence-electron chi connectivity index (χ4n) is 1.12. The summed E-state index contributed by atoms with van der Waals surface area (Å²) in [6.07, 6.45) is -0.895. The van der Waals surface area contributed by atoms with Gasteiger partial charge in [0.2, 0.25) is 5.91 Å². The SMILES string of the molecule is O=C(CSCC(O)CO)Nc1cc(F)ccc1F. The van der Waals surface area contributed by atoms with Crippen LogP contribution in [0.3, 0.4) is 0 Å². The Kier molecular flexibility index (Phi) is 6.03. The number of aliphatic hydroxyl groups is 2. The van der Waals surface area contributed by atoms with Gasteiger partial charge < -0.3 is 15.5 Å². The molecule has 1 amide bonds. The lowest BCUT2D eigenvalue weighted by Crippen LogP contribution is -2.19. The predicted octanol–water partition coefficient (Wildman–Crippen LogP) is 0.990. The molecule has 0 bridgehead atoms. The number of hydrogen-bond donors (Lipinski definition) is 3. The number of benzene rings is 1. The number of rotatable bonds is 6. The van der Waals surface area contributed by atoms with Crippen LogP contribution in [0.4, 0.5) is 14.5 Å². The quantitative estimate of drug-likeness (QED) is 0.725. The highest BCUT2D eigenvalue weighted by Gasteiger charge is 2.09. The number of carbonyl (C=O) groups excluding carboxylic acids is 1. The van der Waals surface area contributed by atoms with E-state index in [1.54, 1.807) is 0 Å². The van der Waals surface area contributed by atoms with Gasteiger partial charge in [-0.1, -0.05) is 0 Å². The van der Waals surface area contributed by atoms with Crippen molar-refractivity contribution in [2.24, 2.45) is 0 Å². The van der Waals surface area contributed by atoms with Crippen LogP contribution in [0.5, 0.6) is 0 Å². The molecule has 0 fully saturated rings. The highest BCUT2D eigenvalue weighted by molar-refractivity contribution is 8.00. The lowest BCUT2D eigenvalue weighted by Gasteiger charge is -2.08. The second kappa shape index (κ2) is 7.30. The van der Waals surface area contributed by atoms with E-state index in [4.69, 9.17) is 10.2 Å². The Hall–Kier alpha value is -1.18. The number of hydrogen-bond acceptors (Lipinski definition) is 4. The smallest absolute Gasteiger partial charge is 0.234 e. The van der Waals surface area contributed by atoms with Gasteiger partial charge in [-0.2, -0.15) is 0 Å². The molecule has 0 aliphatic carbocycles. The van der Waals surface area contributed by atoms with Gasteiger partial charge >= 0.3 is 0 Å². The monoisotopic (exact) mass is 277 g/mol. The maximum absolute atomic E-state index is 13.2. The lowest BCUT2D eigenvalue weighted by atomic mass is 10.3. The Morgan fingerprint density at radius 2 is 2.17 bits per heavy atom.